The van der Waals surface area contributed by atoms with Crippen molar-refractivity contribution in [3.8, 4) is 0 Å². The van der Waals surface area contributed by atoms with E-state index in [1.807, 2.05) is 6.92 Å². The van der Waals surface area contributed by atoms with Crippen molar-refractivity contribution >= 4 is 5.78 Å². The molecule has 82 valence electrons. The fourth-order valence-corrected chi connectivity index (χ4v) is 1.53. The van der Waals surface area contributed by atoms with Gasteiger partial charge in [-0.15, -0.1) is 0 Å². The summed E-state index contributed by atoms with van der Waals surface area (Å²) in [7, 11) is 1.65. The molecule has 0 aromatic rings. The van der Waals surface area contributed by atoms with E-state index >= 15 is 0 Å². The molecule has 0 saturated carbocycles. The number of nitrogens with one attached hydrogen (secondary N) is 1. The van der Waals surface area contributed by atoms with Gasteiger partial charge < -0.3 is 14.8 Å². The summed E-state index contributed by atoms with van der Waals surface area (Å²) < 4.78 is 10.2. The van der Waals surface area contributed by atoms with Crippen molar-refractivity contribution in [1.82, 2.24) is 5.32 Å². The third-order valence-corrected chi connectivity index (χ3v) is 2.51. The summed E-state index contributed by atoms with van der Waals surface area (Å²) in [4.78, 5) is 11.8. The Hall–Kier alpha value is -0.450. The zero-order valence-corrected chi connectivity index (χ0v) is 8.91. The van der Waals surface area contributed by atoms with Crippen LogP contribution < -0.4 is 5.32 Å². The topological polar surface area (TPSA) is 47.6 Å². The minimum absolute atomic E-state index is 0.0501. The second kappa shape index (κ2) is 6.11. The molecule has 4 nitrogen and oxygen atoms in total. The molecule has 2 atom stereocenters. The van der Waals surface area contributed by atoms with Gasteiger partial charge in [0, 0.05) is 26.2 Å². The first-order chi connectivity index (χ1) is 6.75. The Balaban J connectivity index is 2.30. The molecule has 0 aliphatic carbocycles. The van der Waals surface area contributed by atoms with Gasteiger partial charge in [0.2, 0.25) is 0 Å². The standard InChI is InChI=1S/C10H19NO3/c1-8(3-5-13-2)10(12)9-7-14-6-4-11-9/h8-9,11H,3-7H2,1-2H3. The first kappa shape index (κ1) is 11.6. The van der Waals surface area contributed by atoms with Crippen LogP contribution in [0, 0.1) is 5.92 Å². The number of rotatable bonds is 5. The van der Waals surface area contributed by atoms with Crippen molar-refractivity contribution in [2.24, 2.45) is 5.92 Å². The fraction of sp³-hybridized carbons (Fsp3) is 0.900. The molecule has 4 heteroatoms. The van der Waals surface area contributed by atoms with Gasteiger partial charge in [0.25, 0.3) is 0 Å². The van der Waals surface area contributed by atoms with Crippen LogP contribution in [0.2, 0.25) is 0 Å². The molecule has 0 spiro atoms. The van der Waals surface area contributed by atoms with Crippen LogP contribution in [-0.2, 0) is 14.3 Å². The summed E-state index contributed by atoms with van der Waals surface area (Å²) >= 11 is 0. The maximum Gasteiger partial charge on any atom is 0.154 e. The lowest BCUT2D eigenvalue weighted by atomic mass is 9.97. The fourth-order valence-electron chi connectivity index (χ4n) is 1.53. The molecule has 0 bridgehead atoms. The predicted octanol–water partition coefficient (Wildman–Crippen LogP) is 0.216. The quantitative estimate of drug-likeness (QED) is 0.691. The Kier molecular flexibility index (Phi) is 5.07. The molecule has 1 fully saturated rings. The molecule has 14 heavy (non-hydrogen) atoms. The molecule has 0 aromatic heterocycles. The van der Waals surface area contributed by atoms with Crippen LogP contribution >= 0.6 is 0 Å². The number of methoxy groups -OCH3 is 1. The second-order valence-electron chi connectivity index (χ2n) is 3.67. The molecular weight excluding hydrogens is 182 g/mol. The van der Waals surface area contributed by atoms with Crippen molar-refractivity contribution in [2.75, 3.05) is 33.5 Å². The van der Waals surface area contributed by atoms with Crippen LogP contribution in [-0.4, -0.2) is 45.3 Å². The first-order valence-corrected chi connectivity index (χ1v) is 5.09. The number of carbonyl (C=O) groups is 1. The van der Waals surface area contributed by atoms with E-state index in [2.05, 4.69) is 5.32 Å². The van der Waals surface area contributed by atoms with Gasteiger partial charge in [-0.3, -0.25) is 4.79 Å². The van der Waals surface area contributed by atoms with Gasteiger partial charge in [0.15, 0.2) is 5.78 Å². The van der Waals surface area contributed by atoms with Gasteiger partial charge >= 0.3 is 0 Å². The van der Waals surface area contributed by atoms with E-state index in [1.54, 1.807) is 7.11 Å². The van der Waals surface area contributed by atoms with Crippen LogP contribution in [0.15, 0.2) is 0 Å². The molecular formula is C10H19NO3. The van der Waals surface area contributed by atoms with Crippen LogP contribution in [0.25, 0.3) is 0 Å². The lowest BCUT2D eigenvalue weighted by molar-refractivity contribution is -0.127. The van der Waals surface area contributed by atoms with E-state index in [1.165, 1.54) is 0 Å². The SMILES string of the molecule is COCCC(C)C(=O)C1COCCN1. The highest BCUT2D eigenvalue weighted by Crippen LogP contribution is 2.08. The zero-order valence-electron chi connectivity index (χ0n) is 8.91. The smallest absolute Gasteiger partial charge is 0.154 e. The average Bonchev–Trinajstić information content (AvgIpc) is 2.26. The lowest BCUT2D eigenvalue weighted by Gasteiger charge is -2.25. The predicted molar refractivity (Wildman–Crippen MR) is 53.3 cm³/mol. The highest BCUT2D eigenvalue weighted by Gasteiger charge is 2.25. The van der Waals surface area contributed by atoms with E-state index < -0.39 is 0 Å². The number of hydrogen-bond acceptors (Lipinski definition) is 4. The van der Waals surface area contributed by atoms with Crippen molar-refractivity contribution < 1.29 is 14.3 Å². The highest BCUT2D eigenvalue weighted by molar-refractivity contribution is 5.86. The maximum atomic E-state index is 11.8. The molecule has 1 heterocycles. The number of ether oxygens (including phenoxy) is 2. The van der Waals surface area contributed by atoms with Gasteiger partial charge in [0.1, 0.15) is 0 Å². The number of hydrogen-bond donors (Lipinski definition) is 1. The molecule has 1 saturated heterocycles. The Bertz CT molecular complexity index is 178. The van der Waals surface area contributed by atoms with Crippen molar-refractivity contribution in [3.05, 3.63) is 0 Å². The molecule has 1 N–H and O–H groups in total. The normalized spacial score (nSPS) is 24.6. The summed E-state index contributed by atoms with van der Waals surface area (Å²) in [5.74, 6) is 0.288. The van der Waals surface area contributed by atoms with Crippen LogP contribution in [0.3, 0.4) is 0 Å². The first-order valence-electron chi connectivity index (χ1n) is 5.09. The third-order valence-electron chi connectivity index (χ3n) is 2.51. The number of carbonyl (C=O) groups excluding carboxylic acids is 1. The van der Waals surface area contributed by atoms with E-state index in [-0.39, 0.29) is 17.7 Å². The Morgan fingerprint density at radius 2 is 2.50 bits per heavy atom. The van der Waals surface area contributed by atoms with Crippen molar-refractivity contribution in [3.63, 3.8) is 0 Å². The summed E-state index contributed by atoms with van der Waals surface area (Å²) in [6.07, 6.45) is 0.785. The van der Waals surface area contributed by atoms with E-state index in [9.17, 15) is 4.79 Å². The summed E-state index contributed by atoms with van der Waals surface area (Å²) in [5.41, 5.74) is 0. The van der Waals surface area contributed by atoms with Crippen molar-refractivity contribution in [2.45, 2.75) is 19.4 Å². The molecule has 0 amide bonds. The van der Waals surface area contributed by atoms with Gasteiger partial charge in [-0.05, 0) is 6.42 Å². The monoisotopic (exact) mass is 201 g/mol. The molecule has 2 unspecified atom stereocenters. The van der Waals surface area contributed by atoms with Gasteiger partial charge in [0.05, 0.1) is 19.3 Å². The number of morpholine rings is 1. The zero-order chi connectivity index (χ0) is 10.4. The second-order valence-corrected chi connectivity index (χ2v) is 3.67. The average molecular weight is 201 g/mol. The minimum Gasteiger partial charge on any atom is -0.385 e. The molecule has 1 aliphatic heterocycles. The van der Waals surface area contributed by atoms with E-state index in [0.29, 0.717) is 19.8 Å². The maximum absolute atomic E-state index is 11.8. The Morgan fingerprint density at radius 1 is 1.71 bits per heavy atom. The molecule has 1 rings (SSSR count). The largest absolute Gasteiger partial charge is 0.385 e. The third kappa shape index (κ3) is 3.36. The highest BCUT2D eigenvalue weighted by atomic mass is 16.5. The Labute approximate surface area is 85.0 Å². The molecule has 0 radical (unpaired) electrons. The minimum atomic E-state index is -0.115. The van der Waals surface area contributed by atoms with Gasteiger partial charge in [-0.25, -0.2) is 0 Å². The lowest BCUT2D eigenvalue weighted by Crippen LogP contribution is -2.48. The number of Topliss-reactive ketones (excluding diaryl/α,β-unsaturated/α-hetero) is 1. The Morgan fingerprint density at radius 3 is 3.07 bits per heavy atom. The number of ketones is 1. The van der Waals surface area contributed by atoms with Crippen LogP contribution in [0.1, 0.15) is 13.3 Å². The summed E-state index contributed by atoms with van der Waals surface area (Å²) in [5, 5.41) is 3.16. The van der Waals surface area contributed by atoms with Crippen LogP contribution in [0.4, 0.5) is 0 Å². The van der Waals surface area contributed by atoms with Gasteiger partial charge in [-0.1, -0.05) is 6.92 Å². The molecule has 0 aromatic carbocycles. The summed E-state index contributed by atoms with van der Waals surface area (Å²) in [6, 6.07) is -0.115. The van der Waals surface area contributed by atoms with Crippen LogP contribution in [0.5, 0.6) is 0 Å². The van der Waals surface area contributed by atoms with E-state index in [4.69, 9.17) is 9.47 Å². The van der Waals surface area contributed by atoms with Gasteiger partial charge in [-0.2, -0.15) is 0 Å². The molecule has 1 aliphatic rings. The van der Waals surface area contributed by atoms with Crippen molar-refractivity contribution in [1.29, 1.82) is 0 Å². The summed E-state index contributed by atoms with van der Waals surface area (Å²) in [6.45, 7) is 4.57. The van der Waals surface area contributed by atoms with E-state index in [0.717, 1.165) is 13.0 Å².